The van der Waals surface area contributed by atoms with Gasteiger partial charge in [-0.05, 0) is 71.4 Å². The van der Waals surface area contributed by atoms with Gasteiger partial charge in [-0.15, -0.1) is 0 Å². The maximum Gasteiger partial charge on any atom is 0.335 e. The third-order valence-corrected chi connectivity index (χ3v) is 6.24. The van der Waals surface area contributed by atoms with E-state index in [1.54, 1.807) is 30.3 Å². The second-order valence-electron chi connectivity index (χ2n) is 8.03. The Morgan fingerprint density at radius 2 is 1.84 bits per heavy atom. The highest BCUT2D eigenvalue weighted by atomic mass is 32.2. The van der Waals surface area contributed by atoms with Crippen molar-refractivity contribution in [1.29, 1.82) is 0 Å². The number of hydrogen-bond donors (Lipinski definition) is 2. The fourth-order valence-corrected chi connectivity index (χ4v) is 4.38. The van der Waals surface area contributed by atoms with E-state index < -0.39 is 35.4 Å². The standard InChI is InChI=1S/C27H21FN2O7S/c1-36-22-11-16(8-9-21(22)37-15-17-4-2-5-18(10-17)26(33)34)12-23-25(32)30(27(35)38-23)14-24(31)29-20-7-3-6-19(28)13-20/h2-13H,14-15H2,1H3,(H,29,31)(H,33,34)/b23-12+. The van der Waals surface area contributed by atoms with Crippen LogP contribution in [0.2, 0.25) is 0 Å². The molecule has 0 atom stereocenters. The number of carboxylic acid groups (broad SMARTS) is 1. The van der Waals surface area contributed by atoms with E-state index >= 15 is 0 Å². The zero-order valence-electron chi connectivity index (χ0n) is 20.0. The second-order valence-corrected chi connectivity index (χ2v) is 9.02. The number of hydrogen-bond acceptors (Lipinski definition) is 7. The summed E-state index contributed by atoms with van der Waals surface area (Å²) in [4.78, 5) is 49.6. The van der Waals surface area contributed by atoms with E-state index in [0.717, 1.165) is 11.0 Å². The lowest BCUT2D eigenvalue weighted by Crippen LogP contribution is -2.36. The molecular formula is C27H21FN2O7S. The topological polar surface area (TPSA) is 122 Å². The van der Waals surface area contributed by atoms with Crippen LogP contribution >= 0.6 is 11.8 Å². The van der Waals surface area contributed by atoms with Gasteiger partial charge in [-0.25, -0.2) is 9.18 Å². The van der Waals surface area contributed by atoms with Crippen LogP contribution in [0.25, 0.3) is 6.08 Å². The number of carboxylic acids is 1. The Labute approximate surface area is 220 Å². The first-order valence-electron chi connectivity index (χ1n) is 11.2. The Balaban J connectivity index is 1.43. The fourth-order valence-electron chi connectivity index (χ4n) is 3.55. The first kappa shape index (κ1) is 26.4. The number of nitrogens with one attached hydrogen (secondary N) is 1. The third-order valence-electron chi connectivity index (χ3n) is 5.34. The minimum absolute atomic E-state index is 0.105. The number of benzene rings is 3. The Morgan fingerprint density at radius 1 is 1.05 bits per heavy atom. The summed E-state index contributed by atoms with van der Waals surface area (Å²) in [5, 5.41) is 11.0. The number of carbonyl (C=O) groups is 4. The minimum atomic E-state index is -1.04. The van der Waals surface area contributed by atoms with Crippen LogP contribution in [-0.2, 0) is 16.2 Å². The predicted octanol–water partition coefficient (Wildman–Crippen LogP) is 4.79. The van der Waals surface area contributed by atoms with E-state index in [9.17, 15) is 23.6 Å². The average molecular weight is 537 g/mol. The molecule has 1 saturated heterocycles. The molecule has 0 unspecified atom stereocenters. The largest absolute Gasteiger partial charge is 0.493 e. The van der Waals surface area contributed by atoms with Gasteiger partial charge in [0.15, 0.2) is 11.5 Å². The molecule has 1 heterocycles. The molecule has 3 aromatic carbocycles. The van der Waals surface area contributed by atoms with Crippen molar-refractivity contribution in [2.45, 2.75) is 6.61 Å². The predicted molar refractivity (Wildman–Crippen MR) is 138 cm³/mol. The Bertz CT molecular complexity index is 1460. The van der Waals surface area contributed by atoms with Crippen molar-refractivity contribution >= 4 is 46.5 Å². The molecule has 194 valence electrons. The van der Waals surface area contributed by atoms with E-state index in [0.29, 0.717) is 34.4 Å². The molecule has 0 aromatic heterocycles. The number of amides is 3. The number of rotatable bonds is 9. The number of thioether (sulfide) groups is 1. The van der Waals surface area contributed by atoms with Crippen molar-refractivity contribution < 1.29 is 38.1 Å². The maximum absolute atomic E-state index is 13.3. The molecule has 1 aliphatic heterocycles. The third kappa shape index (κ3) is 6.37. The Hall–Kier alpha value is -4.64. The van der Waals surface area contributed by atoms with E-state index in [2.05, 4.69) is 5.32 Å². The van der Waals surface area contributed by atoms with Crippen LogP contribution in [0.4, 0.5) is 14.9 Å². The van der Waals surface area contributed by atoms with Crippen LogP contribution in [0, 0.1) is 5.82 Å². The van der Waals surface area contributed by atoms with Gasteiger partial charge < -0.3 is 19.9 Å². The molecule has 3 amide bonds. The van der Waals surface area contributed by atoms with Crippen LogP contribution < -0.4 is 14.8 Å². The Morgan fingerprint density at radius 3 is 2.58 bits per heavy atom. The van der Waals surface area contributed by atoms with E-state index in [-0.39, 0.29) is 22.8 Å². The molecule has 0 aliphatic carbocycles. The number of anilines is 1. The summed E-state index contributed by atoms with van der Waals surface area (Å²) in [7, 11) is 1.45. The normalized spacial score (nSPS) is 14.1. The number of halogens is 1. The van der Waals surface area contributed by atoms with Gasteiger partial charge >= 0.3 is 5.97 Å². The highest BCUT2D eigenvalue weighted by Crippen LogP contribution is 2.34. The van der Waals surface area contributed by atoms with Crippen LogP contribution in [0.5, 0.6) is 11.5 Å². The summed E-state index contributed by atoms with van der Waals surface area (Å²) in [6.45, 7) is -0.412. The molecule has 1 fully saturated rings. The molecule has 0 spiro atoms. The first-order valence-corrected chi connectivity index (χ1v) is 12.0. The van der Waals surface area contributed by atoms with Crippen molar-refractivity contribution in [3.63, 3.8) is 0 Å². The Kier molecular flexibility index (Phi) is 8.07. The summed E-state index contributed by atoms with van der Waals surface area (Å²) in [5.41, 5.74) is 1.57. The smallest absolute Gasteiger partial charge is 0.335 e. The van der Waals surface area contributed by atoms with Crippen LogP contribution in [0.15, 0.2) is 71.6 Å². The zero-order valence-corrected chi connectivity index (χ0v) is 20.8. The lowest BCUT2D eigenvalue weighted by Gasteiger charge is -2.13. The highest BCUT2D eigenvalue weighted by Gasteiger charge is 2.36. The number of carbonyl (C=O) groups excluding carboxylic acids is 3. The summed E-state index contributed by atoms with van der Waals surface area (Å²) in [5.74, 6) is -2.08. The van der Waals surface area contributed by atoms with Gasteiger partial charge in [-0.1, -0.05) is 24.3 Å². The lowest BCUT2D eigenvalue weighted by atomic mass is 10.1. The summed E-state index contributed by atoms with van der Waals surface area (Å²) in [6.07, 6.45) is 1.50. The minimum Gasteiger partial charge on any atom is -0.493 e. The van der Waals surface area contributed by atoms with Crippen LogP contribution in [0.3, 0.4) is 0 Å². The van der Waals surface area contributed by atoms with Gasteiger partial charge in [-0.2, -0.15) is 0 Å². The van der Waals surface area contributed by atoms with Gasteiger partial charge in [0, 0.05) is 5.69 Å². The maximum atomic E-state index is 13.3. The molecule has 0 radical (unpaired) electrons. The first-order chi connectivity index (χ1) is 18.2. The molecule has 38 heavy (non-hydrogen) atoms. The number of ether oxygens (including phenoxy) is 2. The quantitative estimate of drug-likeness (QED) is 0.375. The van der Waals surface area contributed by atoms with Gasteiger partial charge in [0.2, 0.25) is 5.91 Å². The van der Waals surface area contributed by atoms with Crippen molar-refractivity contribution in [1.82, 2.24) is 4.90 Å². The number of imide groups is 1. The number of nitrogens with zero attached hydrogens (tertiary/aromatic N) is 1. The molecule has 1 aliphatic rings. The fraction of sp³-hybridized carbons (Fsp3) is 0.111. The molecule has 3 aromatic rings. The van der Waals surface area contributed by atoms with Gasteiger partial charge in [-0.3, -0.25) is 19.3 Å². The highest BCUT2D eigenvalue weighted by molar-refractivity contribution is 8.18. The second kappa shape index (κ2) is 11.6. The summed E-state index contributed by atoms with van der Waals surface area (Å²) < 4.78 is 24.5. The molecule has 2 N–H and O–H groups in total. The summed E-state index contributed by atoms with van der Waals surface area (Å²) >= 11 is 0.695. The zero-order chi connectivity index (χ0) is 27.2. The molecule has 11 heteroatoms. The van der Waals surface area contributed by atoms with Gasteiger partial charge in [0.05, 0.1) is 17.6 Å². The number of aromatic carboxylic acids is 1. The lowest BCUT2D eigenvalue weighted by molar-refractivity contribution is -0.127. The number of methoxy groups -OCH3 is 1. The van der Waals surface area contributed by atoms with Crippen LogP contribution in [0.1, 0.15) is 21.5 Å². The monoisotopic (exact) mass is 536 g/mol. The molecule has 0 saturated carbocycles. The van der Waals surface area contributed by atoms with Crippen molar-refractivity contribution in [3.05, 3.63) is 94.1 Å². The molecule has 0 bridgehead atoms. The van der Waals surface area contributed by atoms with Gasteiger partial charge in [0.25, 0.3) is 11.1 Å². The molecular weight excluding hydrogens is 515 g/mol. The van der Waals surface area contributed by atoms with Crippen molar-refractivity contribution in [2.24, 2.45) is 0 Å². The average Bonchev–Trinajstić information content (AvgIpc) is 3.15. The summed E-state index contributed by atoms with van der Waals surface area (Å²) in [6, 6.07) is 16.5. The van der Waals surface area contributed by atoms with Crippen molar-refractivity contribution in [3.8, 4) is 11.5 Å². The van der Waals surface area contributed by atoms with E-state index in [1.807, 2.05) is 0 Å². The molecule has 9 nitrogen and oxygen atoms in total. The van der Waals surface area contributed by atoms with Crippen LogP contribution in [-0.4, -0.2) is 46.7 Å². The SMILES string of the molecule is COc1cc(/C=C2/SC(=O)N(CC(=O)Nc3cccc(F)c3)C2=O)ccc1OCc1cccc(C(=O)O)c1. The van der Waals surface area contributed by atoms with Crippen molar-refractivity contribution in [2.75, 3.05) is 19.0 Å². The van der Waals surface area contributed by atoms with E-state index in [1.165, 1.54) is 43.5 Å². The molecule has 4 rings (SSSR count). The van der Waals surface area contributed by atoms with E-state index in [4.69, 9.17) is 14.6 Å². The van der Waals surface area contributed by atoms with Gasteiger partial charge in [0.1, 0.15) is 19.0 Å².